The molecule has 0 atom stereocenters. The number of carbonyl (C=O) groups is 1. The Morgan fingerprint density at radius 3 is 2.93 bits per heavy atom. The van der Waals surface area contributed by atoms with E-state index < -0.39 is 11.4 Å². The third-order valence-corrected chi connectivity index (χ3v) is 4.04. The second-order valence-electron chi connectivity index (χ2n) is 3.85. The Bertz CT molecular complexity index is 312. The molecule has 0 amide bonds. The molecule has 0 saturated heterocycles. The van der Waals surface area contributed by atoms with Crippen LogP contribution >= 0.6 is 23.1 Å². The first-order chi connectivity index (χ1) is 7.02. The summed E-state index contributed by atoms with van der Waals surface area (Å²) in [7, 11) is 0. The largest absolute Gasteiger partial charge is 0.481 e. The minimum absolute atomic E-state index is 0.623. The van der Waals surface area contributed by atoms with Crippen LogP contribution in [0.3, 0.4) is 0 Å². The minimum atomic E-state index is -0.733. The van der Waals surface area contributed by atoms with Gasteiger partial charge in [-0.15, -0.1) is 10.2 Å². The molecule has 1 heterocycles. The first-order valence-electron chi connectivity index (χ1n) is 4.65. The predicted octanol–water partition coefficient (Wildman–Crippen LogP) is 2.52. The Morgan fingerprint density at radius 1 is 1.67 bits per heavy atom. The monoisotopic (exact) mass is 246 g/mol. The summed E-state index contributed by atoms with van der Waals surface area (Å²) in [5.74, 6) is 0.162. The molecule has 0 spiro atoms. The molecule has 1 aromatic rings. The van der Waals surface area contributed by atoms with Gasteiger partial charge in [-0.2, -0.15) is 0 Å². The van der Waals surface area contributed by atoms with E-state index in [-0.39, 0.29) is 0 Å². The molecule has 0 aliphatic carbocycles. The third-order valence-electron chi connectivity index (χ3n) is 2.09. The summed E-state index contributed by atoms with van der Waals surface area (Å²) in [6.45, 7) is 3.51. The summed E-state index contributed by atoms with van der Waals surface area (Å²) in [5, 5.41) is 16.5. The molecule has 1 aromatic heterocycles. The molecule has 6 heteroatoms. The number of carboxylic acids is 1. The van der Waals surface area contributed by atoms with Gasteiger partial charge < -0.3 is 5.11 Å². The van der Waals surface area contributed by atoms with Crippen LogP contribution in [0, 0.1) is 5.41 Å². The lowest BCUT2D eigenvalue weighted by Crippen LogP contribution is -2.23. The van der Waals surface area contributed by atoms with Crippen molar-refractivity contribution in [3.05, 3.63) is 5.51 Å². The highest BCUT2D eigenvalue weighted by Gasteiger charge is 2.26. The zero-order chi connectivity index (χ0) is 11.3. The first kappa shape index (κ1) is 12.4. The Hall–Kier alpha value is -0.620. The SMILES string of the molecule is CC(C)(CCCSc1nncs1)C(=O)O. The van der Waals surface area contributed by atoms with E-state index in [1.54, 1.807) is 31.1 Å². The molecular weight excluding hydrogens is 232 g/mol. The first-order valence-corrected chi connectivity index (χ1v) is 6.51. The molecule has 0 aliphatic rings. The van der Waals surface area contributed by atoms with Gasteiger partial charge in [0.1, 0.15) is 5.51 Å². The number of hydrogen-bond acceptors (Lipinski definition) is 5. The van der Waals surface area contributed by atoms with Crippen LogP contribution in [0.25, 0.3) is 0 Å². The molecule has 84 valence electrons. The van der Waals surface area contributed by atoms with Gasteiger partial charge in [-0.25, -0.2) is 0 Å². The van der Waals surface area contributed by atoms with Crippen molar-refractivity contribution in [2.45, 2.75) is 31.0 Å². The maximum atomic E-state index is 10.8. The zero-order valence-electron chi connectivity index (χ0n) is 8.77. The predicted molar refractivity (Wildman–Crippen MR) is 61.3 cm³/mol. The average Bonchev–Trinajstić information content (AvgIpc) is 2.64. The second kappa shape index (κ2) is 5.46. The van der Waals surface area contributed by atoms with Crippen LogP contribution in [0.2, 0.25) is 0 Å². The van der Waals surface area contributed by atoms with Crippen molar-refractivity contribution < 1.29 is 9.90 Å². The van der Waals surface area contributed by atoms with Crippen LogP contribution < -0.4 is 0 Å². The summed E-state index contributed by atoms with van der Waals surface area (Å²) in [5.41, 5.74) is 1.07. The number of aliphatic carboxylic acids is 1. The molecular formula is C9H14N2O2S2. The number of rotatable bonds is 6. The van der Waals surface area contributed by atoms with Crippen LogP contribution in [0.15, 0.2) is 9.85 Å². The Balaban J connectivity index is 2.19. The Morgan fingerprint density at radius 2 is 2.40 bits per heavy atom. The Labute approximate surface area is 97.1 Å². The highest BCUT2D eigenvalue weighted by atomic mass is 32.2. The van der Waals surface area contributed by atoms with Crippen molar-refractivity contribution in [2.75, 3.05) is 5.75 Å². The van der Waals surface area contributed by atoms with E-state index in [2.05, 4.69) is 10.2 Å². The van der Waals surface area contributed by atoms with Crippen LogP contribution in [0.1, 0.15) is 26.7 Å². The van der Waals surface area contributed by atoms with Crippen molar-refractivity contribution in [1.29, 1.82) is 0 Å². The highest BCUT2D eigenvalue weighted by molar-refractivity contribution is 8.00. The molecule has 0 radical (unpaired) electrons. The quantitative estimate of drug-likeness (QED) is 0.617. The standard InChI is InChI=1S/C9H14N2O2S2/c1-9(2,7(12)13)4-3-5-14-8-11-10-6-15-8/h6H,3-5H2,1-2H3,(H,12,13). The van der Waals surface area contributed by atoms with Crippen LogP contribution in [0.4, 0.5) is 0 Å². The van der Waals surface area contributed by atoms with Crippen molar-refractivity contribution >= 4 is 29.1 Å². The van der Waals surface area contributed by atoms with Crippen molar-refractivity contribution in [3.63, 3.8) is 0 Å². The third kappa shape index (κ3) is 4.17. The number of hydrogen-bond donors (Lipinski definition) is 1. The van der Waals surface area contributed by atoms with Gasteiger partial charge >= 0.3 is 5.97 Å². The van der Waals surface area contributed by atoms with Crippen molar-refractivity contribution in [1.82, 2.24) is 10.2 Å². The van der Waals surface area contributed by atoms with Gasteiger partial charge in [0.15, 0.2) is 4.34 Å². The highest BCUT2D eigenvalue weighted by Crippen LogP contribution is 2.26. The van der Waals surface area contributed by atoms with Crippen molar-refractivity contribution in [3.8, 4) is 0 Å². The normalized spacial score (nSPS) is 11.6. The van der Waals surface area contributed by atoms with Gasteiger partial charge in [0, 0.05) is 5.75 Å². The number of nitrogens with zero attached hydrogens (tertiary/aromatic N) is 2. The average molecular weight is 246 g/mol. The Kier molecular flexibility index (Phi) is 4.53. The fraction of sp³-hybridized carbons (Fsp3) is 0.667. The summed E-state index contributed by atoms with van der Waals surface area (Å²) in [4.78, 5) is 10.8. The van der Waals surface area contributed by atoms with Gasteiger partial charge in [-0.05, 0) is 26.7 Å². The topological polar surface area (TPSA) is 63.1 Å². The second-order valence-corrected chi connectivity index (χ2v) is 6.02. The number of carboxylic acid groups (broad SMARTS) is 1. The molecule has 0 bridgehead atoms. The fourth-order valence-electron chi connectivity index (χ4n) is 1.01. The van der Waals surface area contributed by atoms with Gasteiger partial charge in [-0.1, -0.05) is 23.1 Å². The van der Waals surface area contributed by atoms with Gasteiger partial charge in [0.2, 0.25) is 0 Å². The maximum Gasteiger partial charge on any atom is 0.309 e. The van der Waals surface area contributed by atoms with Gasteiger partial charge in [-0.3, -0.25) is 4.79 Å². The molecule has 0 saturated carbocycles. The van der Waals surface area contributed by atoms with Crippen LogP contribution in [-0.2, 0) is 4.79 Å². The molecule has 0 aliphatic heterocycles. The summed E-state index contributed by atoms with van der Waals surface area (Å²) in [6, 6.07) is 0. The molecule has 0 aromatic carbocycles. The number of thioether (sulfide) groups is 1. The van der Waals surface area contributed by atoms with E-state index >= 15 is 0 Å². The van der Waals surface area contributed by atoms with E-state index in [1.807, 2.05) is 0 Å². The van der Waals surface area contributed by atoms with Crippen molar-refractivity contribution in [2.24, 2.45) is 5.41 Å². The lowest BCUT2D eigenvalue weighted by atomic mass is 9.88. The van der Waals surface area contributed by atoms with E-state index in [1.165, 1.54) is 11.3 Å². The molecule has 1 rings (SSSR count). The molecule has 1 N–H and O–H groups in total. The van der Waals surface area contributed by atoms with E-state index in [0.29, 0.717) is 6.42 Å². The van der Waals surface area contributed by atoms with Crippen LogP contribution in [-0.4, -0.2) is 27.0 Å². The summed E-state index contributed by atoms with van der Waals surface area (Å²) < 4.78 is 0.947. The van der Waals surface area contributed by atoms with Crippen LogP contribution in [0.5, 0.6) is 0 Å². The molecule has 15 heavy (non-hydrogen) atoms. The lowest BCUT2D eigenvalue weighted by molar-refractivity contribution is -0.147. The van der Waals surface area contributed by atoms with Gasteiger partial charge in [0.05, 0.1) is 5.41 Å². The molecule has 0 unspecified atom stereocenters. The zero-order valence-corrected chi connectivity index (χ0v) is 10.4. The summed E-state index contributed by atoms with van der Waals surface area (Å²) >= 11 is 3.14. The summed E-state index contributed by atoms with van der Waals surface area (Å²) in [6.07, 6.45) is 1.57. The van der Waals surface area contributed by atoms with E-state index in [9.17, 15) is 4.79 Å². The fourth-order valence-corrected chi connectivity index (χ4v) is 2.50. The molecule has 0 fully saturated rings. The van der Waals surface area contributed by atoms with E-state index in [0.717, 1.165) is 16.5 Å². The lowest BCUT2D eigenvalue weighted by Gasteiger charge is -2.17. The maximum absolute atomic E-state index is 10.8. The van der Waals surface area contributed by atoms with Gasteiger partial charge in [0.25, 0.3) is 0 Å². The smallest absolute Gasteiger partial charge is 0.309 e. The van der Waals surface area contributed by atoms with E-state index in [4.69, 9.17) is 5.11 Å². The minimum Gasteiger partial charge on any atom is -0.481 e. The number of aromatic nitrogens is 2. The molecule has 4 nitrogen and oxygen atoms in total.